The van der Waals surface area contributed by atoms with Crippen LogP contribution in [0.15, 0.2) is 52.4 Å². The molecule has 3 aromatic rings. The number of carboxylic acids is 1. The molecule has 0 bridgehead atoms. The molecule has 9 nitrogen and oxygen atoms in total. The van der Waals surface area contributed by atoms with Crippen molar-refractivity contribution in [2.45, 2.75) is 63.9 Å². The number of aromatic nitrogens is 2. The Hall–Kier alpha value is -4.08. The Labute approximate surface area is 224 Å². The predicted octanol–water partition coefficient (Wildman–Crippen LogP) is 4.22. The molecule has 0 radical (unpaired) electrons. The van der Waals surface area contributed by atoms with Crippen molar-refractivity contribution in [1.82, 2.24) is 14.5 Å². The number of benzene rings is 2. The number of fused-ring (bicyclic) bond motifs is 1. The first-order chi connectivity index (χ1) is 18.7. The van der Waals surface area contributed by atoms with Gasteiger partial charge in [0.15, 0.2) is 0 Å². The Kier molecular flexibility index (Phi) is 7.45. The lowest BCUT2D eigenvalue weighted by molar-refractivity contribution is -0.154. The Morgan fingerprint density at radius 1 is 1.08 bits per heavy atom. The number of carbonyl (C=O) groups excluding carboxylic acids is 1. The van der Waals surface area contributed by atoms with E-state index in [-0.39, 0.29) is 17.9 Å². The molecule has 5 rings (SSSR count). The van der Waals surface area contributed by atoms with Crippen LogP contribution in [0.5, 0.6) is 0 Å². The highest BCUT2D eigenvalue weighted by molar-refractivity contribution is 6.07. The second kappa shape index (κ2) is 11.0. The zero-order chi connectivity index (χ0) is 27.6. The second-order valence-corrected chi connectivity index (χ2v) is 10.4. The quantitative estimate of drug-likeness (QED) is 0.433. The number of aliphatic carboxylic acids is 1. The maximum Gasteiger partial charge on any atom is 0.303 e. The van der Waals surface area contributed by atoms with Crippen LogP contribution in [0.4, 0.5) is 4.39 Å². The monoisotopic (exact) mass is 534 g/mol. The average Bonchev–Trinajstić information content (AvgIpc) is 3.35. The molecule has 2 aliphatic rings. The van der Waals surface area contributed by atoms with Crippen LogP contribution in [0, 0.1) is 5.82 Å². The van der Waals surface area contributed by atoms with Gasteiger partial charge in [-0.25, -0.2) is 9.37 Å². The summed E-state index contributed by atoms with van der Waals surface area (Å²) in [6.45, 7) is 3.21. The van der Waals surface area contributed by atoms with Crippen molar-refractivity contribution in [2.24, 2.45) is 5.16 Å². The Morgan fingerprint density at radius 3 is 2.54 bits per heavy atom. The number of hydrogen-bond donors (Lipinski definition) is 1. The van der Waals surface area contributed by atoms with Crippen molar-refractivity contribution >= 4 is 28.5 Å². The maximum atomic E-state index is 13.6. The van der Waals surface area contributed by atoms with Crippen molar-refractivity contribution in [3.63, 3.8) is 0 Å². The van der Waals surface area contributed by atoms with E-state index in [0.717, 1.165) is 32.4 Å². The molecule has 39 heavy (non-hydrogen) atoms. The molecule has 0 saturated carbocycles. The number of carboxylic acid groups (broad SMARTS) is 1. The molecule has 1 aromatic heterocycles. The summed E-state index contributed by atoms with van der Waals surface area (Å²) in [5.74, 6) is -0.909. The first-order valence-electron chi connectivity index (χ1n) is 13.3. The predicted molar refractivity (Wildman–Crippen MR) is 144 cm³/mol. The summed E-state index contributed by atoms with van der Waals surface area (Å²) in [5, 5.41) is 13.6. The van der Waals surface area contributed by atoms with E-state index < -0.39 is 17.4 Å². The molecule has 204 valence electrons. The molecule has 0 spiro atoms. The number of halogens is 1. The van der Waals surface area contributed by atoms with Gasteiger partial charge < -0.3 is 14.8 Å². The second-order valence-electron chi connectivity index (χ2n) is 10.4. The standard InChI is InChI=1S/C29H31FN4O5/c1-29(28(38)33-15-5-2-6-16-33)18-24(32-39-29)19-9-14-22-23(17-19)31-25(7-3-4-8-26(35)36)34(27(22)37)21-12-10-20(30)11-13-21/h9-14,17H,2-8,15-16,18H2,1H3,(H,35,36). The molecule has 1 unspecified atom stereocenters. The van der Waals surface area contributed by atoms with Crippen molar-refractivity contribution in [1.29, 1.82) is 0 Å². The van der Waals surface area contributed by atoms with E-state index >= 15 is 0 Å². The van der Waals surface area contributed by atoms with Gasteiger partial charge in [-0.3, -0.25) is 19.0 Å². The van der Waals surface area contributed by atoms with Crippen LogP contribution in [0.1, 0.15) is 63.3 Å². The van der Waals surface area contributed by atoms with Gasteiger partial charge in [-0.15, -0.1) is 0 Å². The van der Waals surface area contributed by atoms with E-state index in [1.807, 2.05) is 4.90 Å². The number of rotatable bonds is 8. The fraction of sp³-hybridized carbons (Fsp3) is 0.414. The highest BCUT2D eigenvalue weighted by atomic mass is 19.1. The molecule has 10 heteroatoms. The van der Waals surface area contributed by atoms with Crippen LogP contribution >= 0.6 is 0 Å². The average molecular weight is 535 g/mol. The van der Waals surface area contributed by atoms with Crippen LogP contribution in [-0.2, 0) is 20.8 Å². The third-order valence-electron chi connectivity index (χ3n) is 7.36. The number of nitrogens with zero attached hydrogens (tertiary/aromatic N) is 4. The molecule has 1 amide bonds. The fourth-order valence-corrected chi connectivity index (χ4v) is 5.24. The number of hydrogen-bond acceptors (Lipinski definition) is 6. The van der Waals surface area contributed by atoms with Crippen molar-refractivity contribution < 1.29 is 23.9 Å². The minimum Gasteiger partial charge on any atom is -0.481 e. The molecule has 1 N–H and O–H groups in total. The number of carbonyl (C=O) groups is 2. The minimum atomic E-state index is -1.07. The van der Waals surface area contributed by atoms with E-state index in [2.05, 4.69) is 5.16 Å². The normalized spacial score (nSPS) is 19.1. The summed E-state index contributed by atoms with van der Waals surface area (Å²) in [5.41, 5.74) is 0.881. The first kappa shape index (κ1) is 26.5. The molecule has 1 atom stereocenters. The number of unbranched alkanes of at least 4 members (excludes halogenated alkanes) is 1. The van der Waals surface area contributed by atoms with Crippen LogP contribution < -0.4 is 5.56 Å². The molecular weight excluding hydrogens is 503 g/mol. The third kappa shape index (κ3) is 5.55. The van der Waals surface area contributed by atoms with Crippen molar-refractivity contribution in [2.75, 3.05) is 13.1 Å². The summed E-state index contributed by atoms with van der Waals surface area (Å²) < 4.78 is 15.0. The highest BCUT2D eigenvalue weighted by Crippen LogP contribution is 2.30. The molecule has 2 aromatic carbocycles. The Bertz CT molecular complexity index is 1490. The van der Waals surface area contributed by atoms with Gasteiger partial charge in [0.1, 0.15) is 11.6 Å². The zero-order valence-electron chi connectivity index (χ0n) is 21.9. The smallest absolute Gasteiger partial charge is 0.303 e. The van der Waals surface area contributed by atoms with Gasteiger partial charge in [-0.05, 0) is 75.4 Å². The number of piperidine rings is 1. The molecule has 3 heterocycles. The summed E-state index contributed by atoms with van der Waals surface area (Å²) >= 11 is 0. The van der Waals surface area contributed by atoms with E-state index in [1.54, 1.807) is 25.1 Å². The summed E-state index contributed by atoms with van der Waals surface area (Å²) in [6, 6.07) is 10.8. The van der Waals surface area contributed by atoms with E-state index in [1.165, 1.54) is 28.8 Å². The lowest BCUT2D eigenvalue weighted by Gasteiger charge is -2.32. The first-order valence-corrected chi connectivity index (χ1v) is 13.3. The van der Waals surface area contributed by atoms with Crippen molar-refractivity contribution in [3.8, 4) is 5.69 Å². The zero-order valence-corrected chi connectivity index (χ0v) is 21.9. The summed E-state index contributed by atoms with van der Waals surface area (Å²) in [6.07, 6.45) is 4.74. The molecule has 1 fully saturated rings. The molecule has 1 saturated heterocycles. The van der Waals surface area contributed by atoms with Gasteiger partial charge in [-0.1, -0.05) is 11.2 Å². The van der Waals surface area contributed by atoms with Gasteiger partial charge in [0, 0.05) is 37.9 Å². The SMILES string of the molecule is CC1(C(=O)N2CCCCC2)CC(c2ccc3c(=O)n(-c4ccc(F)cc4)c(CCCCC(=O)O)nc3c2)=NO1. The Balaban J connectivity index is 1.46. The largest absolute Gasteiger partial charge is 0.481 e. The third-order valence-corrected chi connectivity index (χ3v) is 7.36. The van der Waals surface area contributed by atoms with E-state index in [9.17, 15) is 18.8 Å². The number of oxime groups is 1. The van der Waals surface area contributed by atoms with Crippen LogP contribution in [0.3, 0.4) is 0 Å². The maximum absolute atomic E-state index is 13.6. The van der Waals surface area contributed by atoms with Gasteiger partial charge in [0.05, 0.1) is 22.3 Å². The fourth-order valence-electron chi connectivity index (χ4n) is 5.24. The number of aryl methyl sites for hydroxylation is 1. The van der Waals surface area contributed by atoms with Gasteiger partial charge in [0.2, 0.25) is 5.60 Å². The number of likely N-dealkylation sites (tertiary alicyclic amines) is 1. The molecule has 0 aliphatic carbocycles. The van der Waals surface area contributed by atoms with Gasteiger partial charge in [0.25, 0.3) is 11.5 Å². The summed E-state index contributed by atoms with van der Waals surface area (Å²) in [4.78, 5) is 50.0. The minimum absolute atomic E-state index is 0.0211. The summed E-state index contributed by atoms with van der Waals surface area (Å²) in [7, 11) is 0. The molecule has 2 aliphatic heterocycles. The van der Waals surface area contributed by atoms with E-state index in [4.69, 9.17) is 14.9 Å². The van der Waals surface area contributed by atoms with Gasteiger partial charge >= 0.3 is 5.97 Å². The van der Waals surface area contributed by atoms with Crippen LogP contribution in [-0.4, -0.2) is 55.8 Å². The Morgan fingerprint density at radius 2 is 1.82 bits per heavy atom. The topological polar surface area (TPSA) is 114 Å². The van der Waals surface area contributed by atoms with Crippen LogP contribution in [0.25, 0.3) is 16.6 Å². The van der Waals surface area contributed by atoms with Crippen LogP contribution in [0.2, 0.25) is 0 Å². The van der Waals surface area contributed by atoms with Crippen molar-refractivity contribution in [3.05, 3.63) is 70.0 Å². The number of amides is 1. The lowest BCUT2D eigenvalue weighted by atomic mass is 9.93. The van der Waals surface area contributed by atoms with Gasteiger partial charge in [-0.2, -0.15) is 0 Å². The highest BCUT2D eigenvalue weighted by Gasteiger charge is 2.44. The molecular formula is C29H31FN4O5. The van der Waals surface area contributed by atoms with E-state index in [0.29, 0.717) is 59.4 Å². The lowest BCUT2D eigenvalue weighted by Crippen LogP contribution is -2.49.